The number of fused-ring (bicyclic) bond motifs is 5. The fourth-order valence-corrected chi connectivity index (χ4v) is 9.20. The Morgan fingerprint density at radius 2 is 1.56 bits per heavy atom. The summed E-state index contributed by atoms with van der Waals surface area (Å²) in [4.78, 5) is 44.1. The zero-order valence-corrected chi connectivity index (χ0v) is 27.4. The van der Waals surface area contributed by atoms with E-state index >= 15 is 0 Å². The van der Waals surface area contributed by atoms with Gasteiger partial charge in [0.05, 0.1) is 5.41 Å². The molecule has 4 unspecified atom stereocenters. The highest BCUT2D eigenvalue weighted by atomic mass is 19.1. The van der Waals surface area contributed by atoms with Crippen molar-refractivity contribution >= 4 is 17.7 Å². The predicted octanol–water partition coefficient (Wildman–Crippen LogP) is 6.49. The minimum atomic E-state index is -0.755. The second-order valence-electron chi connectivity index (χ2n) is 15.4. The van der Waals surface area contributed by atoms with Crippen molar-refractivity contribution in [3.05, 3.63) is 71.0 Å². The minimum absolute atomic E-state index is 0.0666. The van der Waals surface area contributed by atoms with Gasteiger partial charge in [0, 0.05) is 31.0 Å². The second-order valence-corrected chi connectivity index (χ2v) is 15.4. The van der Waals surface area contributed by atoms with Crippen LogP contribution in [0.2, 0.25) is 0 Å². The van der Waals surface area contributed by atoms with Gasteiger partial charge in [-0.1, -0.05) is 62.6 Å². The quantitative estimate of drug-likeness (QED) is 0.374. The van der Waals surface area contributed by atoms with Crippen molar-refractivity contribution in [1.82, 2.24) is 15.5 Å². The number of amides is 3. The van der Waals surface area contributed by atoms with E-state index in [-0.39, 0.29) is 46.8 Å². The van der Waals surface area contributed by atoms with E-state index < -0.39 is 11.5 Å². The zero-order valence-electron chi connectivity index (χ0n) is 27.4. The molecule has 45 heavy (non-hydrogen) atoms. The molecule has 2 aromatic carbocycles. The number of carbonyl (C=O) groups is 3. The normalized spacial score (nSPS) is 26.6. The Bertz CT molecular complexity index is 1400. The van der Waals surface area contributed by atoms with Crippen LogP contribution in [0.25, 0.3) is 0 Å². The molecule has 1 aliphatic heterocycles. The molecule has 2 saturated carbocycles. The van der Waals surface area contributed by atoms with Crippen LogP contribution in [0.15, 0.2) is 48.5 Å². The van der Waals surface area contributed by atoms with Crippen LogP contribution in [0.4, 0.5) is 4.39 Å². The van der Waals surface area contributed by atoms with E-state index in [1.807, 2.05) is 31.7 Å². The lowest BCUT2D eigenvalue weighted by Gasteiger charge is -2.48. The van der Waals surface area contributed by atoms with Gasteiger partial charge < -0.3 is 15.5 Å². The zero-order chi connectivity index (χ0) is 31.9. The summed E-state index contributed by atoms with van der Waals surface area (Å²) in [6, 6.07) is 13.9. The van der Waals surface area contributed by atoms with E-state index in [1.165, 1.54) is 29.7 Å². The molecule has 0 spiro atoms. The van der Waals surface area contributed by atoms with Crippen LogP contribution in [-0.4, -0.2) is 47.3 Å². The molecule has 0 aromatic heterocycles. The van der Waals surface area contributed by atoms with Crippen molar-refractivity contribution in [1.29, 1.82) is 0 Å². The third kappa shape index (κ3) is 6.29. The van der Waals surface area contributed by atoms with E-state index in [0.29, 0.717) is 44.2 Å². The van der Waals surface area contributed by atoms with Crippen LogP contribution in [0.3, 0.4) is 0 Å². The van der Waals surface area contributed by atoms with Gasteiger partial charge in [0.25, 0.3) is 0 Å². The van der Waals surface area contributed by atoms with Crippen molar-refractivity contribution in [2.24, 2.45) is 23.2 Å². The van der Waals surface area contributed by atoms with Gasteiger partial charge >= 0.3 is 0 Å². The molecular weight excluding hydrogens is 565 g/mol. The summed E-state index contributed by atoms with van der Waals surface area (Å²) in [5.41, 5.74) is 2.63. The average Bonchev–Trinajstić information content (AvgIpc) is 3.57. The first-order chi connectivity index (χ1) is 21.5. The summed E-state index contributed by atoms with van der Waals surface area (Å²) in [7, 11) is 0. The molecule has 1 saturated heterocycles. The van der Waals surface area contributed by atoms with Crippen LogP contribution in [0.5, 0.6) is 0 Å². The van der Waals surface area contributed by atoms with Gasteiger partial charge in [0.2, 0.25) is 17.7 Å². The molecule has 2 bridgehead atoms. The number of piperidine rings is 1. The van der Waals surface area contributed by atoms with Gasteiger partial charge in [-0.25, -0.2) is 4.39 Å². The maximum Gasteiger partial charge on any atom is 0.245 e. The number of nitrogens with one attached hydrogen (secondary N) is 2. The van der Waals surface area contributed by atoms with Crippen LogP contribution in [0, 0.1) is 29.0 Å². The highest BCUT2D eigenvalue weighted by Crippen LogP contribution is 2.59. The van der Waals surface area contributed by atoms with E-state index in [0.717, 1.165) is 37.7 Å². The Kier molecular flexibility index (Phi) is 8.84. The first-order valence-corrected chi connectivity index (χ1v) is 17.2. The lowest BCUT2D eigenvalue weighted by molar-refractivity contribution is -0.147. The number of carbonyl (C=O) groups excluding carboxylic acids is 3. The average molecular weight is 616 g/mol. The fourth-order valence-electron chi connectivity index (χ4n) is 9.20. The molecule has 1 heterocycles. The molecule has 0 radical (unpaired) electrons. The van der Waals surface area contributed by atoms with Gasteiger partial charge in [-0.05, 0) is 105 Å². The minimum Gasteiger partial charge on any atom is -0.351 e. The lowest BCUT2D eigenvalue weighted by atomic mass is 9.63. The maximum atomic E-state index is 14.3. The molecular formula is C38H50FN3O3. The number of benzene rings is 2. The molecule has 6 rings (SSSR count). The summed E-state index contributed by atoms with van der Waals surface area (Å²) >= 11 is 0. The molecule has 5 atom stereocenters. The van der Waals surface area contributed by atoms with E-state index in [4.69, 9.17) is 0 Å². The third-order valence-electron chi connectivity index (χ3n) is 11.5. The van der Waals surface area contributed by atoms with Gasteiger partial charge in [0.15, 0.2) is 0 Å². The van der Waals surface area contributed by atoms with Crippen molar-refractivity contribution in [2.45, 2.75) is 109 Å². The molecule has 3 aliphatic carbocycles. The van der Waals surface area contributed by atoms with Crippen LogP contribution >= 0.6 is 0 Å². The van der Waals surface area contributed by atoms with Crippen LogP contribution < -0.4 is 10.6 Å². The first kappa shape index (κ1) is 31.7. The van der Waals surface area contributed by atoms with Crippen LogP contribution in [-0.2, 0) is 20.8 Å². The Morgan fingerprint density at radius 1 is 0.933 bits per heavy atom. The molecule has 3 amide bonds. The Morgan fingerprint density at radius 3 is 2.18 bits per heavy atom. The van der Waals surface area contributed by atoms with Crippen LogP contribution in [0.1, 0.15) is 108 Å². The topological polar surface area (TPSA) is 78.5 Å². The number of halogens is 1. The van der Waals surface area contributed by atoms with Crippen molar-refractivity contribution in [2.75, 3.05) is 13.1 Å². The van der Waals surface area contributed by atoms with Gasteiger partial charge in [-0.2, -0.15) is 0 Å². The van der Waals surface area contributed by atoms with Gasteiger partial charge in [-0.15, -0.1) is 0 Å². The number of hydrogen-bond acceptors (Lipinski definition) is 3. The standard InChI is InChI=1S/C38H50FN3O3/c1-24-30-23-31(29-13-9-8-12-28(29)30)33(24)34(43)40-32(22-25-14-16-27(39)17-15-25)35(44)42-20-18-38(19-21-42,26-10-6-5-7-11-26)36(45)41-37(2,3)4/h8-9,12-17,24,26,30-33H,5-7,10-11,18-23H2,1-4H3,(H,40,43)(H,41,45)/t24?,30?,31?,32-,33?/m1/s1. The van der Waals surface area contributed by atoms with E-state index in [9.17, 15) is 18.8 Å². The van der Waals surface area contributed by atoms with Crippen molar-refractivity contribution < 1.29 is 18.8 Å². The smallest absolute Gasteiger partial charge is 0.245 e. The number of likely N-dealkylation sites (tertiary alicyclic amines) is 1. The predicted molar refractivity (Wildman–Crippen MR) is 174 cm³/mol. The fraction of sp³-hybridized carbons (Fsp3) is 0.605. The van der Waals surface area contributed by atoms with Crippen molar-refractivity contribution in [3.8, 4) is 0 Å². The number of hydrogen-bond donors (Lipinski definition) is 2. The Labute approximate surface area is 267 Å². The molecule has 3 fully saturated rings. The second kappa shape index (κ2) is 12.5. The maximum absolute atomic E-state index is 14.3. The lowest BCUT2D eigenvalue weighted by Crippen LogP contribution is -2.59. The van der Waals surface area contributed by atoms with Crippen molar-refractivity contribution in [3.63, 3.8) is 0 Å². The summed E-state index contributed by atoms with van der Waals surface area (Å²) in [6.07, 6.45) is 8.15. The first-order valence-electron chi connectivity index (χ1n) is 17.2. The number of nitrogens with zero attached hydrogens (tertiary/aromatic N) is 1. The highest BCUT2D eigenvalue weighted by Gasteiger charge is 2.53. The third-order valence-corrected chi connectivity index (χ3v) is 11.5. The molecule has 2 N–H and O–H groups in total. The Hall–Kier alpha value is -3.22. The van der Waals surface area contributed by atoms with Gasteiger partial charge in [-0.3, -0.25) is 14.4 Å². The summed E-state index contributed by atoms with van der Waals surface area (Å²) in [5, 5.41) is 6.48. The Balaban J connectivity index is 1.21. The SMILES string of the molecule is CC1C2CC(c3ccccc32)C1C(=O)N[C@H](Cc1ccc(F)cc1)C(=O)N1CCC(C(=O)NC(C)(C)C)(C2CCCCC2)CC1. The number of rotatable bonds is 7. The molecule has 2 aromatic rings. The van der Waals surface area contributed by atoms with E-state index in [1.54, 1.807) is 12.1 Å². The van der Waals surface area contributed by atoms with E-state index in [2.05, 4.69) is 35.8 Å². The molecule has 6 nitrogen and oxygen atoms in total. The highest BCUT2D eigenvalue weighted by molar-refractivity contribution is 5.90. The monoisotopic (exact) mass is 615 g/mol. The largest absolute Gasteiger partial charge is 0.351 e. The molecule has 7 heteroatoms. The molecule has 4 aliphatic rings. The summed E-state index contributed by atoms with van der Waals surface area (Å²) in [5.74, 6) is 0.467. The molecule has 242 valence electrons. The summed E-state index contributed by atoms with van der Waals surface area (Å²) in [6.45, 7) is 9.21. The summed E-state index contributed by atoms with van der Waals surface area (Å²) < 4.78 is 13.8. The van der Waals surface area contributed by atoms with Gasteiger partial charge in [0.1, 0.15) is 11.9 Å².